The van der Waals surface area contributed by atoms with Crippen molar-refractivity contribution in [1.29, 1.82) is 0 Å². The van der Waals surface area contributed by atoms with Crippen molar-refractivity contribution >= 4 is 27.8 Å². The van der Waals surface area contributed by atoms with E-state index in [4.69, 9.17) is 11.6 Å². The summed E-state index contributed by atoms with van der Waals surface area (Å²) in [5, 5.41) is 4.30. The summed E-state index contributed by atoms with van der Waals surface area (Å²) in [6.45, 7) is 0. The van der Waals surface area contributed by atoms with E-state index < -0.39 is 10.0 Å². The smallest absolute Gasteiger partial charge is 0.205 e. The standard InChI is InChI=1S/C14H13ClN2O2S/c15-14-8-4-7-13(9-14)10-16-17-20(18,19)11-12-5-2-1-3-6-12/h1-10,17H,11H2/b16-10+. The molecule has 0 saturated heterocycles. The summed E-state index contributed by atoms with van der Waals surface area (Å²) in [4.78, 5) is 2.17. The highest BCUT2D eigenvalue weighted by Crippen LogP contribution is 2.09. The van der Waals surface area contributed by atoms with E-state index in [1.807, 2.05) is 6.07 Å². The zero-order chi connectivity index (χ0) is 14.4. The lowest BCUT2D eigenvalue weighted by Gasteiger charge is -2.03. The Balaban J connectivity index is 1.99. The number of hydrogen-bond acceptors (Lipinski definition) is 3. The molecule has 104 valence electrons. The van der Waals surface area contributed by atoms with Crippen LogP contribution in [0, 0.1) is 0 Å². The molecule has 6 heteroatoms. The molecule has 0 unspecified atom stereocenters. The minimum absolute atomic E-state index is 0.110. The molecule has 0 atom stereocenters. The molecule has 0 saturated carbocycles. The van der Waals surface area contributed by atoms with E-state index in [0.717, 1.165) is 5.56 Å². The van der Waals surface area contributed by atoms with Gasteiger partial charge in [0.1, 0.15) is 0 Å². The minimum atomic E-state index is -3.50. The van der Waals surface area contributed by atoms with Gasteiger partial charge in [-0.3, -0.25) is 0 Å². The van der Waals surface area contributed by atoms with Crippen LogP contribution in [-0.4, -0.2) is 14.6 Å². The van der Waals surface area contributed by atoms with Gasteiger partial charge in [-0.2, -0.15) is 5.10 Å². The Morgan fingerprint density at radius 2 is 1.85 bits per heavy atom. The molecule has 0 radical (unpaired) electrons. The first-order valence-electron chi connectivity index (χ1n) is 5.87. The van der Waals surface area contributed by atoms with Crippen LogP contribution in [0.2, 0.25) is 5.02 Å². The van der Waals surface area contributed by atoms with Gasteiger partial charge in [-0.15, -0.1) is 0 Å². The number of nitrogens with one attached hydrogen (secondary N) is 1. The summed E-state index contributed by atoms with van der Waals surface area (Å²) in [5.41, 5.74) is 1.43. The first-order chi connectivity index (χ1) is 9.55. The molecular formula is C14H13ClN2O2S. The third kappa shape index (κ3) is 4.68. The van der Waals surface area contributed by atoms with Crippen molar-refractivity contribution < 1.29 is 8.42 Å². The Morgan fingerprint density at radius 1 is 1.10 bits per heavy atom. The van der Waals surface area contributed by atoms with Gasteiger partial charge in [-0.05, 0) is 23.3 Å². The number of sulfonamides is 1. The van der Waals surface area contributed by atoms with Crippen LogP contribution in [0.15, 0.2) is 59.7 Å². The minimum Gasteiger partial charge on any atom is -0.205 e. The van der Waals surface area contributed by atoms with Crippen LogP contribution in [0.4, 0.5) is 0 Å². The number of halogens is 1. The summed E-state index contributed by atoms with van der Waals surface area (Å²) in [6.07, 6.45) is 1.41. The Bertz CT molecular complexity index is 700. The molecule has 0 aliphatic carbocycles. The Morgan fingerprint density at radius 3 is 2.55 bits per heavy atom. The summed E-state index contributed by atoms with van der Waals surface area (Å²) in [6, 6.07) is 15.9. The molecule has 0 bridgehead atoms. The molecule has 4 nitrogen and oxygen atoms in total. The monoisotopic (exact) mass is 308 g/mol. The second-order valence-corrected chi connectivity index (χ2v) is 6.29. The zero-order valence-corrected chi connectivity index (χ0v) is 12.1. The van der Waals surface area contributed by atoms with E-state index in [0.29, 0.717) is 10.6 Å². The largest absolute Gasteiger partial charge is 0.251 e. The molecule has 20 heavy (non-hydrogen) atoms. The van der Waals surface area contributed by atoms with E-state index in [9.17, 15) is 8.42 Å². The van der Waals surface area contributed by atoms with Gasteiger partial charge in [0.05, 0.1) is 12.0 Å². The lowest BCUT2D eigenvalue weighted by atomic mass is 10.2. The summed E-state index contributed by atoms with van der Waals surface area (Å²) >= 11 is 5.82. The number of hydrogen-bond donors (Lipinski definition) is 1. The van der Waals surface area contributed by atoms with Crippen molar-refractivity contribution in [2.24, 2.45) is 5.10 Å². The van der Waals surface area contributed by atoms with E-state index >= 15 is 0 Å². The topological polar surface area (TPSA) is 58.5 Å². The van der Waals surface area contributed by atoms with Crippen molar-refractivity contribution in [3.8, 4) is 0 Å². The molecule has 0 spiro atoms. The maximum atomic E-state index is 11.8. The third-order valence-corrected chi connectivity index (χ3v) is 3.79. The summed E-state index contributed by atoms with van der Waals surface area (Å²) < 4.78 is 23.6. The second-order valence-electron chi connectivity index (χ2n) is 4.15. The number of nitrogens with zero attached hydrogens (tertiary/aromatic N) is 1. The summed E-state index contributed by atoms with van der Waals surface area (Å²) in [5.74, 6) is -0.110. The highest BCUT2D eigenvalue weighted by molar-refractivity contribution is 7.88. The molecule has 0 amide bonds. The quantitative estimate of drug-likeness (QED) is 0.682. The maximum Gasteiger partial charge on any atom is 0.251 e. The zero-order valence-electron chi connectivity index (χ0n) is 10.5. The van der Waals surface area contributed by atoms with Crippen molar-refractivity contribution in [3.63, 3.8) is 0 Å². The number of rotatable bonds is 5. The van der Waals surface area contributed by atoms with Crippen LogP contribution in [0.5, 0.6) is 0 Å². The SMILES string of the molecule is O=S(=O)(Cc1ccccc1)N/N=C/c1cccc(Cl)c1. The van der Waals surface area contributed by atoms with Gasteiger partial charge < -0.3 is 0 Å². The fourth-order valence-electron chi connectivity index (χ4n) is 1.59. The van der Waals surface area contributed by atoms with Crippen molar-refractivity contribution in [2.75, 3.05) is 0 Å². The van der Waals surface area contributed by atoms with Crippen LogP contribution in [0.1, 0.15) is 11.1 Å². The highest BCUT2D eigenvalue weighted by atomic mass is 35.5. The highest BCUT2D eigenvalue weighted by Gasteiger charge is 2.09. The van der Waals surface area contributed by atoms with Crippen LogP contribution in [0.3, 0.4) is 0 Å². The van der Waals surface area contributed by atoms with Gasteiger partial charge in [0.2, 0.25) is 0 Å². The molecule has 0 aromatic heterocycles. The Labute approximate surface area is 123 Å². The number of hydrazone groups is 1. The van der Waals surface area contributed by atoms with Crippen LogP contribution < -0.4 is 4.83 Å². The molecule has 0 aliphatic rings. The lowest BCUT2D eigenvalue weighted by Crippen LogP contribution is -2.20. The molecule has 0 aliphatic heterocycles. The molecular weight excluding hydrogens is 296 g/mol. The Kier molecular flexibility index (Phi) is 4.76. The lowest BCUT2D eigenvalue weighted by molar-refractivity contribution is 0.584. The average molecular weight is 309 g/mol. The van der Waals surface area contributed by atoms with Crippen LogP contribution in [0.25, 0.3) is 0 Å². The predicted octanol–water partition coefficient (Wildman–Crippen LogP) is 2.79. The molecule has 2 aromatic carbocycles. The fourth-order valence-corrected chi connectivity index (χ4v) is 2.70. The van der Waals surface area contributed by atoms with Crippen molar-refractivity contribution in [2.45, 2.75) is 5.75 Å². The van der Waals surface area contributed by atoms with Gasteiger partial charge in [-0.25, -0.2) is 13.2 Å². The first kappa shape index (κ1) is 14.6. The Hall–Kier alpha value is -1.85. The van der Waals surface area contributed by atoms with Crippen molar-refractivity contribution in [1.82, 2.24) is 4.83 Å². The van der Waals surface area contributed by atoms with Gasteiger partial charge in [0, 0.05) is 5.02 Å². The van der Waals surface area contributed by atoms with Crippen molar-refractivity contribution in [3.05, 3.63) is 70.7 Å². The van der Waals surface area contributed by atoms with Gasteiger partial charge in [0.25, 0.3) is 10.0 Å². The van der Waals surface area contributed by atoms with Gasteiger partial charge in [0.15, 0.2) is 0 Å². The molecule has 0 fully saturated rings. The maximum absolute atomic E-state index is 11.8. The molecule has 1 N–H and O–H groups in total. The average Bonchev–Trinajstić information content (AvgIpc) is 2.39. The second kappa shape index (κ2) is 6.54. The van der Waals surface area contributed by atoms with E-state index in [-0.39, 0.29) is 5.75 Å². The van der Waals surface area contributed by atoms with E-state index in [2.05, 4.69) is 9.93 Å². The predicted molar refractivity (Wildman–Crippen MR) is 81.2 cm³/mol. The fraction of sp³-hybridized carbons (Fsp3) is 0.0714. The van der Waals surface area contributed by atoms with Gasteiger partial charge >= 0.3 is 0 Å². The summed E-state index contributed by atoms with van der Waals surface area (Å²) in [7, 11) is -3.50. The molecule has 2 rings (SSSR count). The van der Waals surface area contributed by atoms with E-state index in [1.165, 1.54) is 6.21 Å². The van der Waals surface area contributed by atoms with Gasteiger partial charge in [-0.1, -0.05) is 54.1 Å². The van der Waals surface area contributed by atoms with E-state index in [1.54, 1.807) is 48.5 Å². The van der Waals surface area contributed by atoms with Crippen LogP contribution >= 0.6 is 11.6 Å². The molecule has 0 heterocycles. The van der Waals surface area contributed by atoms with Crippen LogP contribution in [-0.2, 0) is 15.8 Å². The molecule has 2 aromatic rings. The number of benzene rings is 2. The first-order valence-corrected chi connectivity index (χ1v) is 7.90. The normalized spacial score (nSPS) is 11.7. The third-order valence-electron chi connectivity index (χ3n) is 2.45.